The van der Waals surface area contributed by atoms with Crippen LogP contribution < -0.4 is 5.32 Å². The van der Waals surface area contributed by atoms with Gasteiger partial charge < -0.3 is 10.4 Å². The number of carboxylic acids is 1. The molecule has 0 unspecified atom stereocenters. The Balaban J connectivity index is 0.00000180. The monoisotopic (exact) mass is 295 g/mol. The Morgan fingerprint density at radius 2 is 1.89 bits per heavy atom. The van der Waals surface area contributed by atoms with E-state index in [9.17, 15) is 18.0 Å². The summed E-state index contributed by atoms with van der Waals surface area (Å²) in [5, 5.41) is 11.6. The lowest BCUT2D eigenvalue weighted by molar-refractivity contribution is -0.229. The molecule has 1 aromatic carbocycles. The van der Waals surface area contributed by atoms with Gasteiger partial charge in [-0.15, -0.1) is 12.4 Å². The Labute approximate surface area is 114 Å². The van der Waals surface area contributed by atoms with Crippen LogP contribution in [0.4, 0.5) is 13.2 Å². The smallest absolute Gasteiger partial charge is 0.406 e. The standard InChI is InChI=1S/C12H12F3NO2.ClH/c13-12(14,15)11(10(17)18)7-16-6-9(11)8-4-2-1-3-5-8;/h1-5,9,16H,6-7H2,(H,17,18);1H/t9-,11-;/m0./s1. The fourth-order valence-electron chi connectivity index (χ4n) is 2.44. The highest BCUT2D eigenvalue weighted by Gasteiger charge is 2.67. The quantitative estimate of drug-likeness (QED) is 0.881. The number of halogens is 4. The van der Waals surface area contributed by atoms with Crippen molar-refractivity contribution in [3.05, 3.63) is 35.9 Å². The maximum absolute atomic E-state index is 13.2. The summed E-state index contributed by atoms with van der Waals surface area (Å²) in [6.07, 6.45) is -4.79. The molecule has 1 aliphatic rings. The summed E-state index contributed by atoms with van der Waals surface area (Å²) < 4.78 is 39.5. The van der Waals surface area contributed by atoms with Gasteiger partial charge >= 0.3 is 12.1 Å². The van der Waals surface area contributed by atoms with Gasteiger partial charge in [0.25, 0.3) is 0 Å². The van der Waals surface area contributed by atoms with E-state index in [2.05, 4.69) is 5.32 Å². The van der Waals surface area contributed by atoms with Crippen molar-refractivity contribution in [2.45, 2.75) is 12.1 Å². The van der Waals surface area contributed by atoms with E-state index in [-0.39, 0.29) is 19.0 Å². The van der Waals surface area contributed by atoms with Crippen molar-refractivity contribution in [3.8, 4) is 0 Å². The maximum atomic E-state index is 13.2. The Morgan fingerprint density at radius 1 is 1.32 bits per heavy atom. The van der Waals surface area contributed by atoms with Crippen molar-refractivity contribution >= 4 is 18.4 Å². The lowest BCUT2D eigenvalue weighted by atomic mass is 9.74. The first-order chi connectivity index (χ1) is 8.39. The van der Waals surface area contributed by atoms with Gasteiger partial charge in [-0.3, -0.25) is 4.79 Å². The zero-order chi connectivity index (χ0) is 13.4. The molecule has 0 bridgehead atoms. The molecule has 2 N–H and O–H groups in total. The number of benzene rings is 1. The van der Waals surface area contributed by atoms with Gasteiger partial charge in [-0.1, -0.05) is 30.3 Å². The molecule has 0 spiro atoms. The highest BCUT2D eigenvalue weighted by molar-refractivity contribution is 5.85. The van der Waals surface area contributed by atoms with Gasteiger partial charge in [-0.05, 0) is 5.56 Å². The molecule has 0 aromatic heterocycles. The summed E-state index contributed by atoms with van der Waals surface area (Å²) >= 11 is 0. The van der Waals surface area contributed by atoms with Gasteiger partial charge in [-0.2, -0.15) is 13.2 Å². The van der Waals surface area contributed by atoms with Crippen LogP contribution in [0.15, 0.2) is 30.3 Å². The highest BCUT2D eigenvalue weighted by atomic mass is 35.5. The van der Waals surface area contributed by atoms with Crippen LogP contribution in [0.5, 0.6) is 0 Å². The first kappa shape index (κ1) is 15.8. The van der Waals surface area contributed by atoms with Crippen molar-refractivity contribution < 1.29 is 23.1 Å². The van der Waals surface area contributed by atoms with Crippen LogP contribution in [0.1, 0.15) is 11.5 Å². The average Bonchev–Trinajstić information content (AvgIpc) is 2.75. The number of hydrogen-bond donors (Lipinski definition) is 2. The van der Waals surface area contributed by atoms with Crippen molar-refractivity contribution in [3.63, 3.8) is 0 Å². The molecule has 1 heterocycles. The van der Waals surface area contributed by atoms with Crippen molar-refractivity contribution in [2.24, 2.45) is 5.41 Å². The number of hydrogen-bond acceptors (Lipinski definition) is 2. The van der Waals surface area contributed by atoms with Crippen LogP contribution in [0, 0.1) is 5.41 Å². The average molecular weight is 296 g/mol. The summed E-state index contributed by atoms with van der Waals surface area (Å²) in [6.45, 7) is -0.582. The molecule has 1 aliphatic heterocycles. The summed E-state index contributed by atoms with van der Waals surface area (Å²) in [6, 6.07) is 7.96. The third kappa shape index (κ3) is 2.42. The lowest BCUT2D eigenvalue weighted by Crippen LogP contribution is -2.50. The van der Waals surface area contributed by atoms with Crippen molar-refractivity contribution in [1.29, 1.82) is 0 Å². The van der Waals surface area contributed by atoms with E-state index in [4.69, 9.17) is 5.11 Å². The minimum Gasteiger partial charge on any atom is -0.481 e. The molecular weight excluding hydrogens is 283 g/mol. The highest BCUT2D eigenvalue weighted by Crippen LogP contribution is 2.50. The first-order valence-electron chi connectivity index (χ1n) is 5.45. The minimum atomic E-state index is -4.79. The van der Waals surface area contributed by atoms with E-state index in [0.29, 0.717) is 5.56 Å². The molecule has 3 nitrogen and oxygen atoms in total. The predicted molar refractivity (Wildman–Crippen MR) is 65.4 cm³/mol. The molecule has 1 aromatic rings. The molecule has 19 heavy (non-hydrogen) atoms. The number of aliphatic carboxylic acids is 1. The Hall–Kier alpha value is -1.27. The molecule has 106 valence electrons. The largest absolute Gasteiger partial charge is 0.481 e. The summed E-state index contributed by atoms with van der Waals surface area (Å²) in [4.78, 5) is 11.2. The Morgan fingerprint density at radius 3 is 2.37 bits per heavy atom. The fraction of sp³-hybridized carbons (Fsp3) is 0.417. The van der Waals surface area contributed by atoms with Crippen LogP contribution in [0.2, 0.25) is 0 Å². The Bertz CT molecular complexity index is 452. The van der Waals surface area contributed by atoms with Gasteiger partial charge in [0.15, 0.2) is 5.41 Å². The normalized spacial score (nSPS) is 26.8. The molecule has 1 saturated heterocycles. The fourth-order valence-corrected chi connectivity index (χ4v) is 2.44. The van der Waals surface area contributed by atoms with E-state index < -0.39 is 30.0 Å². The maximum Gasteiger partial charge on any atom is 0.406 e. The summed E-state index contributed by atoms with van der Waals surface area (Å²) in [7, 11) is 0. The molecule has 2 atom stereocenters. The minimum absolute atomic E-state index is 0. The lowest BCUT2D eigenvalue weighted by Gasteiger charge is -2.32. The molecule has 0 amide bonds. The second kappa shape index (κ2) is 5.38. The van der Waals surface area contributed by atoms with Crippen molar-refractivity contribution in [2.75, 3.05) is 13.1 Å². The first-order valence-corrected chi connectivity index (χ1v) is 5.45. The van der Waals surface area contributed by atoms with Crippen LogP contribution in [-0.4, -0.2) is 30.3 Å². The molecule has 0 radical (unpaired) electrons. The zero-order valence-electron chi connectivity index (χ0n) is 9.78. The van der Waals surface area contributed by atoms with E-state index in [1.165, 1.54) is 12.1 Å². The summed E-state index contributed by atoms with van der Waals surface area (Å²) in [5.41, 5.74) is -2.35. The van der Waals surface area contributed by atoms with Gasteiger partial charge in [0.1, 0.15) is 0 Å². The van der Waals surface area contributed by atoms with Gasteiger partial charge in [0.05, 0.1) is 0 Å². The predicted octanol–water partition coefficient (Wildman–Crippen LogP) is 2.43. The van der Waals surface area contributed by atoms with Crippen LogP contribution >= 0.6 is 12.4 Å². The Kier molecular flexibility index (Phi) is 4.47. The number of rotatable bonds is 2. The third-order valence-corrected chi connectivity index (χ3v) is 3.44. The topological polar surface area (TPSA) is 49.3 Å². The van der Waals surface area contributed by atoms with E-state index in [1.807, 2.05) is 0 Å². The van der Waals surface area contributed by atoms with Crippen LogP contribution in [0.25, 0.3) is 0 Å². The zero-order valence-corrected chi connectivity index (χ0v) is 10.6. The third-order valence-electron chi connectivity index (χ3n) is 3.44. The second-order valence-electron chi connectivity index (χ2n) is 4.37. The molecule has 0 aliphatic carbocycles. The van der Waals surface area contributed by atoms with Crippen molar-refractivity contribution in [1.82, 2.24) is 5.32 Å². The van der Waals surface area contributed by atoms with Gasteiger partial charge in [0, 0.05) is 19.0 Å². The molecule has 2 rings (SSSR count). The van der Waals surface area contributed by atoms with Gasteiger partial charge in [-0.25, -0.2) is 0 Å². The number of carbonyl (C=O) groups is 1. The van der Waals surface area contributed by atoms with E-state index >= 15 is 0 Å². The van der Waals surface area contributed by atoms with Crippen LogP contribution in [-0.2, 0) is 4.79 Å². The van der Waals surface area contributed by atoms with Gasteiger partial charge in [0.2, 0.25) is 0 Å². The number of carboxylic acid groups (broad SMARTS) is 1. The van der Waals surface area contributed by atoms with Crippen LogP contribution in [0.3, 0.4) is 0 Å². The SMILES string of the molecule is Cl.O=C(O)[C@]1(C(F)(F)F)CNC[C@H]1c1ccccc1. The van der Waals surface area contributed by atoms with E-state index in [1.54, 1.807) is 18.2 Å². The number of nitrogens with one attached hydrogen (secondary N) is 1. The number of alkyl halides is 3. The molecule has 1 fully saturated rings. The molecular formula is C12H13ClF3NO2. The second-order valence-corrected chi connectivity index (χ2v) is 4.37. The molecule has 0 saturated carbocycles. The molecule has 7 heteroatoms. The summed E-state index contributed by atoms with van der Waals surface area (Å²) in [5.74, 6) is -2.93. The van der Waals surface area contributed by atoms with E-state index in [0.717, 1.165) is 0 Å².